The Kier molecular flexibility index (Phi) is 6.19. The molecule has 0 spiro atoms. The molecular weight excluding hydrogens is 394 g/mol. The van der Waals surface area contributed by atoms with Crippen molar-refractivity contribution in [2.24, 2.45) is 0 Å². The predicted octanol–water partition coefficient (Wildman–Crippen LogP) is 2.43. The molecule has 0 fully saturated rings. The van der Waals surface area contributed by atoms with E-state index in [1.165, 1.54) is 28.6 Å². The van der Waals surface area contributed by atoms with E-state index in [0.29, 0.717) is 13.1 Å². The third-order valence-electron chi connectivity index (χ3n) is 3.81. The number of nitrogens with zero attached hydrogens (tertiary/aromatic N) is 2. The lowest BCUT2D eigenvalue weighted by atomic mass is 10.3. The average Bonchev–Trinajstić information content (AvgIpc) is 2.62. The molecule has 1 N–H and O–H groups in total. The van der Waals surface area contributed by atoms with Crippen LogP contribution in [-0.4, -0.2) is 39.2 Å². The van der Waals surface area contributed by atoms with E-state index in [9.17, 15) is 26.9 Å². The van der Waals surface area contributed by atoms with E-state index in [-0.39, 0.29) is 21.2 Å². The van der Waals surface area contributed by atoms with E-state index < -0.39 is 25.0 Å². The van der Waals surface area contributed by atoms with E-state index >= 15 is 0 Å². The zero-order chi connectivity index (χ0) is 20.2. The summed E-state index contributed by atoms with van der Waals surface area (Å²) in [4.78, 5) is 9.93. The molecule has 27 heavy (non-hydrogen) atoms. The Balaban J connectivity index is 2.24. The molecule has 0 bridgehead atoms. The Morgan fingerprint density at radius 3 is 1.81 bits per heavy atom. The summed E-state index contributed by atoms with van der Waals surface area (Å²) in [7, 11) is -7.60. The van der Waals surface area contributed by atoms with Crippen LogP contribution in [0.15, 0.2) is 58.3 Å². The van der Waals surface area contributed by atoms with E-state index in [1.54, 1.807) is 13.8 Å². The van der Waals surface area contributed by atoms with Crippen LogP contribution in [0.3, 0.4) is 0 Å². The molecule has 2 aromatic carbocycles. The minimum atomic E-state index is -3.96. The monoisotopic (exact) mass is 413 g/mol. The fourth-order valence-corrected chi connectivity index (χ4v) is 4.89. The fraction of sp³-hybridized carbons (Fsp3) is 0.250. The first-order chi connectivity index (χ1) is 12.6. The van der Waals surface area contributed by atoms with Crippen molar-refractivity contribution in [3.63, 3.8) is 0 Å². The summed E-state index contributed by atoms with van der Waals surface area (Å²) < 4.78 is 53.2. The van der Waals surface area contributed by atoms with Gasteiger partial charge in [0.15, 0.2) is 0 Å². The predicted molar refractivity (Wildman–Crippen MR) is 100 cm³/mol. The van der Waals surface area contributed by atoms with Crippen molar-refractivity contribution in [1.29, 1.82) is 0 Å². The minimum absolute atomic E-state index is 0.0597. The van der Waals surface area contributed by atoms with Gasteiger partial charge in [-0.1, -0.05) is 13.8 Å². The highest BCUT2D eigenvalue weighted by atomic mass is 32.2. The molecule has 9 nitrogen and oxygen atoms in total. The largest absolute Gasteiger partial charge is 0.280 e. The van der Waals surface area contributed by atoms with Gasteiger partial charge in [0, 0.05) is 30.9 Å². The van der Waals surface area contributed by atoms with Crippen LogP contribution in [0.2, 0.25) is 0 Å². The maximum atomic E-state index is 12.4. The van der Waals surface area contributed by atoms with Gasteiger partial charge in [-0.05, 0) is 36.4 Å². The van der Waals surface area contributed by atoms with Crippen LogP contribution in [0.4, 0.5) is 11.4 Å². The quantitative estimate of drug-likeness (QED) is 0.523. The summed E-state index contributed by atoms with van der Waals surface area (Å²) in [6.45, 7) is 4.11. The van der Waals surface area contributed by atoms with Crippen molar-refractivity contribution < 1.29 is 21.8 Å². The van der Waals surface area contributed by atoms with Crippen LogP contribution in [0.5, 0.6) is 0 Å². The summed E-state index contributed by atoms with van der Waals surface area (Å²) in [5.74, 6) is 0. The molecule has 0 saturated carbocycles. The minimum Gasteiger partial charge on any atom is -0.280 e. The van der Waals surface area contributed by atoms with Crippen molar-refractivity contribution >= 4 is 31.4 Å². The molecule has 0 aromatic heterocycles. The van der Waals surface area contributed by atoms with Crippen molar-refractivity contribution in [2.75, 3.05) is 17.8 Å². The van der Waals surface area contributed by atoms with Crippen LogP contribution in [0.25, 0.3) is 0 Å². The normalized spacial score (nSPS) is 12.1. The first-order valence-corrected chi connectivity index (χ1v) is 10.9. The molecule has 0 aliphatic rings. The Morgan fingerprint density at radius 1 is 0.889 bits per heavy atom. The Labute approximate surface area is 157 Å². The molecule has 0 radical (unpaired) electrons. The number of anilines is 1. The molecule has 2 aromatic rings. The molecule has 2 rings (SSSR count). The SMILES string of the molecule is CCN(CC)S(=O)(=O)c1ccc(NS(=O)(=O)c2ccc([N+](=O)[O-])cc2)cc1. The topological polar surface area (TPSA) is 127 Å². The van der Waals surface area contributed by atoms with Gasteiger partial charge in [0.1, 0.15) is 0 Å². The molecule has 0 saturated heterocycles. The second-order valence-corrected chi connectivity index (χ2v) is 9.09. The van der Waals surface area contributed by atoms with Crippen molar-refractivity contribution in [2.45, 2.75) is 23.6 Å². The van der Waals surface area contributed by atoms with Gasteiger partial charge in [0.2, 0.25) is 10.0 Å². The molecule has 0 heterocycles. The van der Waals surface area contributed by atoms with Crippen LogP contribution >= 0.6 is 0 Å². The van der Waals surface area contributed by atoms with Gasteiger partial charge in [-0.15, -0.1) is 0 Å². The first kappa shape index (κ1) is 20.8. The highest BCUT2D eigenvalue weighted by Crippen LogP contribution is 2.22. The number of non-ortho nitro benzene ring substituents is 1. The Morgan fingerprint density at radius 2 is 1.37 bits per heavy atom. The number of benzene rings is 2. The summed E-state index contributed by atoms with van der Waals surface area (Å²) in [5, 5.41) is 10.6. The number of nitro benzene ring substituents is 1. The van der Waals surface area contributed by atoms with E-state index in [0.717, 1.165) is 24.3 Å². The average molecular weight is 413 g/mol. The maximum absolute atomic E-state index is 12.4. The molecule has 0 aliphatic carbocycles. The second-order valence-electron chi connectivity index (χ2n) is 5.47. The van der Waals surface area contributed by atoms with Crippen molar-refractivity contribution in [1.82, 2.24) is 4.31 Å². The summed E-state index contributed by atoms with van der Waals surface area (Å²) >= 11 is 0. The number of rotatable bonds is 8. The number of nitrogens with one attached hydrogen (secondary N) is 1. The number of hydrogen-bond donors (Lipinski definition) is 1. The van der Waals surface area contributed by atoms with E-state index in [2.05, 4.69) is 4.72 Å². The summed E-state index contributed by atoms with van der Waals surface area (Å²) in [6.07, 6.45) is 0. The third kappa shape index (κ3) is 4.62. The lowest BCUT2D eigenvalue weighted by molar-refractivity contribution is -0.384. The standard InChI is InChI=1S/C16H19N3O6S2/c1-3-18(4-2)27(24,25)16-9-5-13(6-10-16)17-26(22,23)15-11-7-14(8-12-15)19(20)21/h5-12,17H,3-4H2,1-2H3. The lowest BCUT2D eigenvalue weighted by Gasteiger charge is -2.18. The molecular formula is C16H19N3O6S2. The zero-order valence-corrected chi connectivity index (χ0v) is 16.3. The van der Waals surface area contributed by atoms with Crippen molar-refractivity contribution in [3.05, 3.63) is 58.6 Å². The zero-order valence-electron chi connectivity index (χ0n) is 14.7. The Bertz CT molecular complexity index is 1010. The highest BCUT2D eigenvalue weighted by molar-refractivity contribution is 7.92. The van der Waals surface area contributed by atoms with Crippen LogP contribution < -0.4 is 4.72 Å². The molecule has 0 atom stereocenters. The number of nitro groups is 1. The van der Waals surface area contributed by atoms with Crippen molar-refractivity contribution in [3.8, 4) is 0 Å². The van der Waals surface area contributed by atoms with Crippen LogP contribution in [0.1, 0.15) is 13.8 Å². The number of hydrogen-bond acceptors (Lipinski definition) is 6. The molecule has 0 aliphatic heterocycles. The van der Waals surface area contributed by atoms with Gasteiger partial charge in [0.25, 0.3) is 15.7 Å². The van der Waals surface area contributed by atoms with Gasteiger partial charge < -0.3 is 0 Å². The van der Waals surface area contributed by atoms with Crippen LogP contribution in [0, 0.1) is 10.1 Å². The molecule has 11 heteroatoms. The lowest BCUT2D eigenvalue weighted by Crippen LogP contribution is -2.30. The van der Waals surface area contributed by atoms with Gasteiger partial charge in [0.05, 0.1) is 14.7 Å². The third-order valence-corrected chi connectivity index (χ3v) is 7.27. The van der Waals surface area contributed by atoms with E-state index in [4.69, 9.17) is 0 Å². The van der Waals surface area contributed by atoms with Gasteiger partial charge in [-0.3, -0.25) is 14.8 Å². The highest BCUT2D eigenvalue weighted by Gasteiger charge is 2.22. The smallest absolute Gasteiger partial charge is 0.269 e. The second kappa shape index (κ2) is 8.03. The maximum Gasteiger partial charge on any atom is 0.269 e. The van der Waals surface area contributed by atoms with E-state index in [1.807, 2.05) is 0 Å². The van der Waals surface area contributed by atoms with Crippen LogP contribution in [-0.2, 0) is 20.0 Å². The van der Waals surface area contributed by atoms with Gasteiger partial charge in [-0.2, -0.15) is 4.31 Å². The summed E-state index contributed by atoms with van der Waals surface area (Å²) in [5.41, 5.74) is -0.0493. The molecule has 0 unspecified atom stereocenters. The molecule has 146 valence electrons. The number of sulfonamides is 2. The Hall–Kier alpha value is -2.50. The summed E-state index contributed by atoms with van der Waals surface area (Å²) in [6, 6.07) is 9.77. The van der Waals surface area contributed by atoms with Gasteiger partial charge in [-0.25, -0.2) is 16.8 Å². The first-order valence-electron chi connectivity index (χ1n) is 7.99. The van der Waals surface area contributed by atoms with Gasteiger partial charge >= 0.3 is 0 Å². The molecule has 0 amide bonds. The fourth-order valence-electron chi connectivity index (χ4n) is 2.37.